The molecule has 0 bridgehead atoms. The smallest absolute Gasteiger partial charge is 0.207 e. The third kappa shape index (κ3) is 3.36. The van der Waals surface area contributed by atoms with Gasteiger partial charge in [-0.05, 0) is 18.2 Å². The van der Waals surface area contributed by atoms with E-state index in [-0.39, 0.29) is 23.0 Å². The van der Waals surface area contributed by atoms with Crippen LogP contribution in [0, 0.1) is 0 Å². The second kappa shape index (κ2) is 6.38. The van der Waals surface area contributed by atoms with Crippen LogP contribution in [0.2, 0.25) is 10.0 Å². The first-order chi connectivity index (χ1) is 8.43. The maximum Gasteiger partial charge on any atom is 0.243 e. The van der Waals surface area contributed by atoms with Gasteiger partial charge >= 0.3 is 0 Å². The molecule has 0 unspecified atom stereocenters. The molecule has 98 valence electrons. The third-order valence-corrected chi connectivity index (χ3v) is 4.76. The Labute approximate surface area is 117 Å². The maximum atomic E-state index is 12.3. The molecule has 0 atom stereocenters. The minimum absolute atomic E-state index is 0.0978. The summed E-state index contributed by atoms with van der Waals surface area (Å²) in [6, 6.07) is 4.21. The zero-order chi connectivity index (χ0) is 13.8. The number of rotatable bonds is 6. The fourth-order valence-corrected chi connectivity index (χ4v) is 3.12. The summed E-state index contributed by atoms with van der Waals surface area (Å²) in [7, 11) is -3.62. The predicted molar refractivity (Wildman–Crippen MR) is 75.6 cm³/mol. The van der Waals surface area contributed by atoms with Gasteiger partial charge in [0.25, 0.3) is 0 Å². The van der Waals surface area contributed by atoms with Crippen molar-refractivity contribution in [3.63, 3.8) is 0 Å². The molecular weight excluding hydrogens is 293 g/mol. The first-order valence-electron chi connectivity index (χ1n) is 5.10. The molecule has 1 aromatic carbocycles. The van der Waals surface area contributed by atoms with Crippen LogP contribution in [-0.4, -0.2) is 25.8 Å². The molecule has 1 rings (SSSR count). The third-order valence-electron chi connectivity index (χ3n) is 2.19. The fourth-order valence-electron chi connectivity index (χ4n) is 1.35. The number of sulfonamides is 1. The fraction of sp³-hybridized carbons (Fsp3) is 0.167. The molecule has 3 nitrogen and oxygen atoms in total. The van der Waals surface area contributed by atoms with Gasteiger partial charge in [-0.2, -0.15) is 4.31 Å². The lowest BCUT2D eigenvalue weighted by Gasteiger charge is -2.19. The van der Waals surface area contributed by atoms with E-state index in [1.807, 2.05) is 0 Å². The summed E-state index contributed by atoms with van der Waals surface area (Å²) >= 11 is 11.6. The normalized spacial score (nSPS) is 11.5. The van der Waals surface area contributed by atoms with Gasteiger partial charge in [0.1, 0.15) is 0 Å². The number of nitrogens with zero attached hydrogens (tertiary/aromatic N) is 1. The van der Waals surface area contributed by atoms with Gasteiger partial charge < -0.3 is 0 Å². The monoisotopic (exact) mass is 305 g/mol. The Morgan fingerprint density at radius 2 is 1.67 bits per heavy atom. The summed E-state index contributed by atoms with van der Waals surface area (Å²) < 4.78 is 25.9. The minimum atomic E-state index is -3.62. The molecule has 1 aromatic rings. The highest BCUT2D eigenvalue weighted by Gasteiger charge is 2.22. The molecule has 18 heavy (non-hydrogen) atoms. The van der Waals surface area contributed by atoms with Crippen molar-refractivity contribution in [3.8, 4) is 0 Å². The Morgan fingerprint density at radius 3 is 2.11 bits per heavy atom. The number of hydrogen-bond acceptors (Lipinski definition) is 2. The summed E-state index contributed by atoms with van der Waals surface area (Å²) in [5, 5.41) is 0.518. The van der Waals surface area contributed by atoms with E-state index in [4.69, 9.17) is 23.2 Å². The lowest BCUT2D eigenvalue weighted by atomic mass is 10.4. The molecule has 0 saturated heterocycles. The topological polar surface area (TPSA) is 37.4 Å². The molecule has 6 heteroatoms. The zero-order valence-electron chi connectivity index (χ0n) is 9.64. The molecule has 0 amide bonds. The van der Waals surface area contributed by atoms with Gasteiger partial charge in [0, 0.05) is 13.1 Å². The van der Waals surface area contributed by atoms with E-state index in [1.165, 1.54) is 34.7 Å². The first kappa shape index (κ1) is 15.2. The van der Waals surface area contributed by atoms with Gasteiger partial charge in [-0.25, -0.2) is 8.42 Å². The molecular formula is C12H13Cl2NO2S. The van der Waals surface area contributed by atoms with Crippen molar-refractivity contribution < 1.29 is 8.42 Å². The molecule has 0 fully saturated rings. The Kier molecular flexibility index (Phi) is 5.41. The van der Waals surface area contributed by atoms with Crippen molar-refractivity contribution in [3.05, 3.63) is 53.6 Å². The standard InChI is InChI=1S/C12H13Cl2NO2S/c1-3-7-15(8-4-2)18(16,17)10-5-6-11(13)12(14)9-10/h3-6,9H,1-2,7-8H2. The summed E-state index contributed by atoms with van der Waals surface area (Å²) in [4.78, 5) is 0.0978. The summed E-state index contributed by atoms with van der Waals surface area (Å²) in [6.07, 6.45) is 3.02. The summed E-state index contributed by atoms with van der Waals surface area (Å²) in [5.41, 5.74) is 0. The van der Waals surface area contributed by atoms with Crippen LogP contribution in [-0.2, 0) is 10.0 Å². The second-order valence-electron chi connectivity index (χ2n) is 3.48. The number of halogens is 2. The molecule has 0 spiro atoms. The Hall–Kier alpha value is -0.810. The van der Waals surface area contributed by atoms with Gasteiger partial charge in [-0.15, -0.1) is 13.2 Å². The Bertz CT molecular complexity index is 545. The van der Waals surface area contributed by atoms with Crippen LogP contribution < -0.4 is 0 Å². The predicted octanol–water partition coefficient (Wildman–Crippen LogP) is 3.36. The first-order valence-corrected chi connectivity index (χ1v) is 7.30. The second-order valence-corrected chi connectivity index (χ2v) is 6.23. The quantitative estimate of drug-likeness (QED) is 0.756. The van der Waals surface area contributed by atoms with Gasteiger partial charge in [0.2, 0.25) is 10.0 Å². The van der Waals surface area contributed by atoms with Gasteiger partial charge in [-0.1, -0.05) is 35.4 Å². The molecule has 0 heterocycles. The Balaban J connectivity index is 3.21. The van der Waals surface area contributed by atoms with Gasteiger partial charge in [-0.3, -0.25) is 0 Å². The SMILES string of the molecule is C=CCN(CC=C)S(=O)(=O)c1ccc(Cl)c(Cl)c1. The molecule has 0 aliphatic rings. The van der Waals surface area contributed by atoms with Crippen molar-refractivity contribution in [2.24, 2.45) is 0 Å². The van der Waals surface area contributed by atoms with Crippen molar-refractivity contribution in [2.45, 2.75) is 4.90 Å². The van der Waals surface area contributed by atoms with Crippen LogP contribution >= 0.6 is 23.2 Å². The van der Waals surface area contributed by atoms with E-state index in [0.717, 1.165) is 0 Å². The van der Waals surface area contributed by atoms with E-state index in [2.05, 4.69) is 13.2 Å². The lowest BCUT2D eigenvalue weighted by molar-refractivity contribution is 0.474. The zero-order valence-corrected chi connectivity index (χ0v) is 12.0. The highest BCUT2D eigenvalue weighted by molar-refractivity contribution is 7.89. The van der Waals surface area contributed by atoms with E-state index in [9.17, 15) is 8.42 Å². The average molecular weight is 306 g/mol. The molecule has 0 saturated carbocycles. The van der Waals surface area contributed by atoms with Crippen molar-refractivity contribution in [1.82, 2.24) is 4.31 Å². The number of benzene rings is 1. The van der Waals surface area contributed by atoms with Crippen LogP contribution in [0.3, 0.4) is 0 Å². The van der Waals surface area contributed by atoms with Crippen LogP contribution in [0.4, 0.5) is 0 Å². The Morgan fingerprint density at radius 1 is 1.11 bits per heavy atom. The molecule has 0 aliphatic heterocycles. The molecule has 0 radical (unpaired) electrons. The van der Waals surface area contributed by atoms with Crippen LogP contribution in [0.25, 0.3) is 0 Å². The van der Waals surface area contributed by atoms with Crippen molar-refractivity contribution in [1.29, 1.82) is 0 Å². The summed E-state index contributed by atoms with van der Waals surface area (Å²) in [6.45, 7) is 7.47. The largest absolute Gasteiger partial charge is 0.243 e. The number of hydrogen-bond donors (Lipinski definition) is 0. The highest BCUT2D eigenvalue weighted by Crippen LogP contribution is 2.26. The van der Waals surface area contributed by atoms with Crippen molar-refractivity contribution in [2.75, 3.05) is 13.1 Å². The lowest BCUT2D eigenvalue weighted by Crippen LogP contribution is -2.31. The van der Waals surface area contributed by atoms with E-state index >= 15 is 0 Å². The summed E-state index contributed by atoms with van der Waals surface area (Å²) in [5.74, 6) is 0. The maximum absolute atomic E-state index is 12.3. The van der Waals surface area contributed by atoms with E-state index in [0.29, 0.717) is 5.02 Å². The van der Waals surface area contributed by atoms with Crippen molar-refractivity contribution >= 4 is 33.2 Å². The van der Waals surface area contributed by atoms with Gasteiger partial charge in [0.05, 0.1) is 14.9 Å². The van der Waals surface area contributed by atoms with Gasteiger partial charge in [0.15, 0.2) is 0 Å². The van der Waals surface area contributed by atoms with E-state index < -0.39 is 10.0 Å². The minimum Gasteiger partial charge on any atom is -0.207 e. The molecule has 0 N–H and O–H groups in total. The highest BCUT2D eigenvalue weighted by atomic mass is 35.5. The van der Waals surface area contributed by atoms with Crippen LogP contribution in [0.15, 0.2) is 48.4 Å². The molecule has 0 aromatic heterocycles. The molecule has 0 aliphatic carbocycles. The van der Waals surface area contributed by atoms with Crippen LogP contribution in [0.1, 0.15) is 0 Å². The average Bonchev–Trinajstić information content (AvgIpc) is 2.32. The van der Waals surface area contributed by atoms with E-state index in [1.54, 1.807) is 0 Å². The van der Waals surface area contributed by atoms with Crippen LogP contribution in [0.5, 0.6) is 0 Å².